The van der Waals surface area contributed by atoms with Gasteiger partial charge in [-0.15, -0.1) is 0 Å². The molecule has 106 valence electrons. The maximum atomic E-state index is 12.4. The third-order valence-corrected chi connectivity index (χ3v) is 5.27. The van der Waals surface area contributed by atoms with Crippen LogP contribution in [0.4, 0.5) is 5.69 Å². The number of halogens is 1. The van der Waals surface area contributed by atoms with Crippen molar-refractivity contribution in [2.45, 2.75) is 18.2 Å². The molecule has 0 aromatic heterocycles. The normalized spacial score (nSPS) is 11.8. The Bertz CT molecular complexity index is 574. The fraction of sp³-hybridized carbons (Fsp3) is 0.455. The average molecular weight is 351 g/mol. The Morgan fingerprint density at radius 1 is 1.42 bits per heavy atom. The van der Waals surface area contributed by atoms with Gasteiger partial charge in [0.15, 0.2) is 4.90 Å². The molecule has 8 heteroatoms. The highest BCUT2D eigenvalue weighted by atomic mass is 79.9. The number of sulfonamides is 1. The third-order valence-electron chi connectivity index (χ3n) is 2.66. The maximum absolute atomic E-state index is 12.4. The molecule has 0 heterocycles. The van der Waals surface area contributed by atoms with Crippen LogP contribution in [0.3, 0.4) is 0 Å². The van der Waals surface area contributed by atoms with Crippen LogP contribution in [0.1, 0.15) is 12.0 Å². The van der Waals surface area contributed by atoms with Crippen LogP contribution in [-0.4, -0.2) is 36.6 Å². The first-order valence-electron chi connectivity index (χ1n) is 5.58. The number of nitrogens with zero attached hydrogens (tertiary/aromatic N) is 2. The Labute approximate surface area is 120 Å². The SMILES string of the molecule is Cc1cccc([N+](=O)[O-])c1S(=O)(=O)N(C)CCCBr. The number of hydrogen-bond acceptors (Lipinski definition) is 4. The molecule has 0 radical (unpaired) electrons. The Balaban J connectivity index is 3.32. The monoisotopic (exact) mass is 350 g/mol. The van der Waals surface area contributed by atoms with Crippen molar-refractivity contribution >= 4 is 31.6 Å². The molecule has 1 rings (SSSR count). The molecular weight excluding hydrogens is 336 g/mol. The van der Waals surface area contributed by atoms with E-state index in [0.29, 0.717) is 23.9 Å². The van der Waals surface area contributed by atoms with Crippen molar-refractivity contribution < 1.29 is 13.3 Å². The summed E-state index contributed by atoms with van der Waals surface area (Å²) in [6.07, 6.45) is 0.634. The third kappa shape index (κ3) is 3.52. The second kappa shape index (κ2) is 6.44. The van der Waals surface area contributed by atoms with E-state index in [4.69, 9.17) is 0 Å². The summed E-state index contributed by atoms with van der Waals surface area (Å²) >= 11 is 3.22. The minimum Gasteiger partial charge on any atom is -0.258 e. The number of alkyl halides is 1. The fourth-order valence-electron chi connectivity index (χ4n) is 1.67. The quantitative estimate of drug-likeness (QED) is 0.447. The molecule has 0 unspecified atom stereocenters. The molecular formula is C11H15BrN2O4S. The number of rotatable bonds is 6. The second-order valence-corrected chi connectivity index (χ2v) is 6.82. The van der Waals surface area contributed by atoms with E-state index < -0.39 is 14.9 Å². The van der Waals surface area contributed by atoms with E-state index in [2.05, 4.69) is 15.9 Å². The summed E-state index contributed by atoms with van der Waals surface area (Å²) < 4.78 is 25.9. The van der Waals surface area contributed by atoms with Gasteiger partial charge in [0.1, 0.15) is 0 Å². The first-order chi connectivity index (χ1) is 8.82. The molecule has 1 aromatic rings. The summed E-state index contributed by atoms with van der Waals surface area (Å²) in [5.74, 6) is 0. The summed E-state index contributed by atoms with van der Waals surface area (Å²) in [7, 11) is -2.42. The van der Waals surface area contributed by atoms with Gasteiger partial charge in [0.05, 0.1) is 4.92 Å². The van der Waals surface area contributed by atoms with Gasteiger partial charge in [-0.3, -0.25) is 10.1 Å². The number of benzene rings is 1. The number of nitro benzene ring substituents is 1. The molecule has 0 fully saturated rings. The molecule has 0 bridgehead atoms. The highest BCUT2D eigenvalue weighted by molar-refractivity contribution is 9.09. The molecule has 0 saturated heterocycles. The zero-order valence-electron chi connectivity index (χ0n) is 10.7. The van der Waals surface area contributed by atoms with Crippen molar-refractivity contribution in [1.82, 2.24) is 4.31 Å². The van der Waals surface area contributed by atoms with Crippen molar-refractivity contribution in [3.63, 3.8) is 0 Å². The summed E-state index contributed by atoms with van der Waals surface area (Å²) in [6, 6.07) is 4.24. The van der Waals surface area contributed by atoms with E-state index in [1.165, 1.54) is 19.2 Å². The number of hydrogen-bond donors (Lipinski definition) is 0. The lowest BCUT2D eigenvalue weighted by Crippen LogP contribution is -2.29. The summed E-state index contributed by atoms with van der Waals surface area (Å²) in [6.45, 7) is 1.86. The molecule has 0 aliphatic heterocycles. The summed E-state index contributed by atoms with van der Waals surface area (Å²) in [4.78, 5) is 10.1. The topological polar surface area (TPSA) is 80.5 Å². The molecule has 1 aromatic carbocycles. The van der Waals surface area contributed by atoms with Gasteiger partial charge >= 0.3 is 0 Å². The van der Waals surface area contributed by atoms with Crippen molar-refractivity contribution in [3.05, 3.63) is 33.9 Å². The fourth-order valence-corrected chi connectivity index (χ4v) is 3.49. The predicted octanol–water partition coefficient (Wildman–Crippen LogP) is 2.31. The van der Waals surface area contributed by atoms with E-state index >= 15 is 0 Å². The van der Waals surface area contributed by atoms with Crippen LogP contribution in [0.15, 0.2) is 23.1 Å². The first kappa shape index (κ1) is 16.1. The van der Waals surface area contributed by atoms with Gasteiger partial charge in [0.25, 0.3) is 5.69 Å². The highest BCUT2D eigenvalue weighted by Crippen LogP contribution is 2.29. The van der Waals surface area contributed by atoms with Gasteiger partial charge in [-0.2, -0.15) is 0 Å². The summed E-state index contributed by atoms with van der Waals surface area (Å²) in [5.41, 5.74) is -0.00872. The predicted molar refractivity (Wildman–Crippen MR) is 76.1 cm³/mol. The van der Waals surface area contributed by atoms with E-state index in [1.54, 1.807) is 13.0 Å². The van der Waals surface area contributed by atoms with E-state index in [1.807, 2.05) is 0 Å². The van der Waals surface area contributed by atoms with Crippen LogP contribution in [-0.2, 0) is 10.0 Å². The van der Waals surface area contributed by atoms with Gasteiger partial charge in [-0.1, -0.05) is 28.1 Å². The Morgan fingerprint density at radius 2 is 2.05 bits per heavy atom. The molecule has 0 saturated carbocycles. The van der Waals surface area contributed by atoms with Crippen LogP contribution >= 0.6 is 15.9 Å². The van der Waals surface area contributed by atoms with Gasteiger partial charge in [-0.25, -0.2) is 12.7 Å². The molecule has 0 spiro atoms. The Kier molecular flexibility index (Phi) is 5.45. The minimum atomic E-state index is -3.85. The van der Waals surface area contributed by atoms with Crippen LogP contribution < -0.4 is 0 Å². The molecule has 0 aliphatic carbocycles. The van der Waals surface area contributed by atoms with Crippen LogP contribution in [0.25, 0.3) is 0 Å². The Morgan fingerprint density at radius 3 is 2.58 bits per heavy atom. The van der Waals surface area contributed by atoms with Crippen LogP contribution in [0.5, 0.6) is 0 Å². The largest absolute Gasteiger partial charge is 0.289 e. The zero-order chi connectivity index (χ0) is 14.6. The lowest BCUT2D eigenvalue weighted by Gasteiger charge is -2.17. The summed E-state index contributed by atoms with van der Waals surface area (Å²) in [5, 5.41) is 11.6. The minimum absolute atomic E-state index is 0.225. The first-order valence-corrected chi connectivity index (χ1v) is 8.15. The lowest BCUT2D eigenvalue weighted by atomic mass is 10.2. The smallest absolute Gasteiger partial charge is 0.258 e. The standard InChI is InChI=1S/C11H15BrN2O4S/c1-9-5-3-6-10(14(15)16)11(9)19(17,18)13(2)8-4-7-12/h3,5-6H,4,7-8H2,1-2H3. The van der Waals surface area contributed by atoms with E-state index in [-0.39, 0.29) is 10.6 Å². The number of nitro groups is 1. The van der Waals surface area contributed by atoms with Crippen LogP contribution in [0, 0.1) is 17.0 Å². The van der Waals surface area contributed by atoms with Crippen molar-refractivity contribution in [2.75, 3.05) is 18.9 Å². The lowest BCUT2D eigenvalue weighted by molar-refractivity contribution is -0.387. The van der Waals surface area contributed by atoms with E-state index in [0.717, 1.165) is 4.31 Å². The molecule has 19 heavy (non-hydrogen) atoms. The van der Waals surface area contributed by atoms with Crippen molar-refractivity contribution in [1.29, 1.82) is 0 Å². The zero-order valence-corrected chi connectivity index (χ0v) is 13.1. The molecule has 0 N–H and O–H groups in total. The highest BCUT2D eigenvalue weighted by Gasteiger charge is 2.30. The maximum Gasteiger partial charge on any atom is 0.289 e. The van der Waals surface area contributed by atoms with Gasteiger partial charge in [0.2, 0.25) is 10.0 Å². The van der Waals surface area contributed by atoms with Crippen molar-refractivity contribution in [2.24, 2.45) is 0 Å². The Hall–Kier alpha value is -0.990. The van der Waals surface area contributed by atoms with Gasteiger partial charge < -0.3 is 0 Å². The molecule has 0 atom stereocenters. The number of aryl methyl sites for hydroxylation is 1. The van der Waals surface area contributed by atoms with Crippen molar-refractivity contribution in [3.8, 4) is 0 Å². The molecule has 0 aliphatic rings. The molecule has 0 amide bonds. The van der Waals surface area contributed by atoms with Gasteiger partial charge in [-0.05, 0) is 18.9 Å². The van der Waals surface area contributed by atoms with E-state index in [9.17, 15) is 18.5 Å². The second-order valence-electron chi connectivity index (χ2n) is 4.05. The average Bonchev–Trinajstić information content (AvgIpc) is 2.34. The van der Waals surface area contributed by atoms with Gasteiger partial charge in [0, 0.05) is 25.0 Å². The van der Waals surface area contributed by atoms with Crippen LogP contribution in [0.2, 0.25) is 0 Å². The molecule has 6 nitrogen and oxygen atoms in total.